The van der Waals surface area contributed by atoms with Gasteiger partial charge in [0.25, 0.3) is 5.91 Å². The van der Waals surface area contributed by atoms with Crippen molar-refractivity contribution in [3.05, 3.63) is 42.2 Å². The summed E-state index contributed by atoms with van der Waals surface area (Å²) in [6, 6.07) is 11.0. The molecule has 1 amide bonds. The van der Waals surface area contributed by atoms with Crippen LogP contribution in [0.1, 0.15) is 30.3 Å². The van der Waals surface area contributed by atoms with E-state index in [0.717, 1.165) is 16.6 Å². The highest BCUT2D eigenvalue weighted by atomic mass is 32.1. The molecule has 1 aromatic carbocycles. The van der Waals surface area contributed by atoms with Gasteiger partial charge in [0.1, 0.15) is 0 Å². The Labute approximate surface area is 148 Å². The Balaban J connectivity index is 1.70. The number of amides is 1. The van der Waals surface area contributed by atoms with E-state index in [4.69, 9.17) is 9.52 Å². The third kappa shape index (κ3) is 3.88. The number of benzene rings is 1. The van der Waals surface area contributed by atoms with Crippen LogP contribution < -0.4 is 5.32 Å². The molecule has 0 spiro atoms. The van der Waals surface area contributed by atoms with E-state index in [-0.39, 0.29) is 12.3 Å². The molecule has 0 radical (unpaired) electrons. The maximum Gasteiger partial charge on any atom is 0.308 e. The largest absolute Gasteiger partial charge is 0.481 e. The lowest BCUT2D eigenvalue weighted by Gasteiger charge is -2.11. The number of rotatable bonds is 7. The number of para-hydroxylation sites is 1. The molecule has 6 nitrogen and oxygen atoms in total. The summed E-state index contributed by atoms with van der Waals surface area (Å²) in [6.45, 7) is 1.99. The number of carbonyl (C=O) groups excluding carboxylic acids is 1. The van der Waals surface area contributed by atoms with Crippen LogP contribution in [0.5, 0.6) is 0 Å². The SMILES string of the molecule is CCCC(CNC(=O)c1ccc(-c2nc3ccccc3s2)o1)C(=O)O. The van der Waals surface area contributed by atoms with E-state index in [1.54, 1.807) is 12.1 Å². The van der Waals surface area contributed by atoms with Crippen molar-refractivity contribution in [3.8, 4) is 10.8 Å². The number of aliphatic carboxylic acids is 1. The monoisotopic (exact) mass is 358 g/mol. The lowest BCUT2D eigenvalue weighted by molar-refractivity contribution is -0.141. The molecule has 0 saturated carbocycles. The van der Waals surface area contributed by atoms with Crippen molar-refractivity contribution in [1.82, 2.24) is 10.3 Å². The highest BCUT2D eigenvalue weighted by Crippen LogP contribution is 2.31. The lowest BCUT2D eigenvalue weighted by atomic mass is 10.0. The Kier molecular flexibility index (Phi) is 5.14. The number of hydrogen-bond acceptors (Lipinski definition) is 5. The summed E-state index contributed by atoms with van der Waals surface area (Å²) in [7, 11) is 0. The number of carboxylic acid groups (broad SMARTS) is 1. The summed E-state index contributed by atoms with van der Waals surface area (Å²) in [4.78, 5) is 27.8. The minimum atomic E-state index is -0.906. The topological polar surface area (TPSA) is 92.4 Å². The third-order valence-electron chi connectivity index (χ3n) is 3.83. The quantitative estimate of drug-likeness (QED) is 0.670. The second-order valence-electron chi connectivity index (χ2n) is 5.68. The smallest absolute Gasteiger partial charge is 0.308 e. The molecular formula is C18H18N2O4S. The van der Waals surface area contributed by atoms with Crippen LogP contribution in [0.3, 0.4) is 0 Å². The molecule has 0 aliphatic carbocycles. The molecule has 0 aliphatic rings. The minimum Gasteiger partial charge on any atom is -0.481 e. The van der Waals surface area contributed by atoms with Gasteiger partial charge in [0.15, 0.2) is 16.5 Å². The second-order valence-corrected chi connectivity index (χ2v) is 6.72. The fraction of sp³-hybridized carbons (Fsp3) is 0.278. The van der Waals surface area contributed by atoms with Gasteiger partial charge in [0, 0.05) is 6.54 Å². The number of nitrogens with one attached hydrogen (secondary N) is 1. The Bertz CT molecular complexity index is 866. The Hall–Kier alpha value is -2.67. The Morgan fingerprint density at radius 2 is 2.08 bits per heavy atom. The molecule has 130 valence electrons. The van der Waals surface area contributed by atoms with Gasteiger partial charge in [-0.3, -0.25) is 9.59 Å². The predicted octanol–water partition coefficient (Wildman–Crippen LogP) is 3.79. The van der Waals surface area contributed by atoms with Crippen LogP contribution in [0.2, 0.25) is 0 Å². The van der Waals surface area contributed by atoms with Crippen molar-refractivity contribution in [2.45, 2.75) is 19.8 Å². The van der Waals surface area contributed by atoms with Crippen molar-refractivity contribution >= 4 is 33.4 Å². The van der Waals surface area contributed by atoms with Crippen LogP contribution in [0.25, 0.3) is 21.0 Å². The zero-order chi connectivity index (χ0) is 17.8. The first-order valence-corrected chi connectivity index (χ1v) is 8.87. The van der Waals surface area contributed by atoms with E-state index in [1.165, 1.54) is 11.3 Å². The fourth-order valence-electron chi connectivity index (χ4n) is 2.52. The standard InChI is InChI=1S/C18H18N2O4S/c1-2-5-11(18(22)23)10-19-16(21)13-8-9-14(24-13)17-20-12-6-3-4-7-15(12)25-17/h3-4,6-9,11H,2,5,10H2,1H3,(H,19,21)(H,22,23). The van der Waals surface area contributed by atoms with E-state index >= 15 is 0 Å². The number of thiazole rings is 1. The maximum atomic E-state index is 12.2. The average molecular weight is 358 g/mol. The second kappa shape index (κ2) is 7.48. The fourth-order valence-corrected chi connectivity index (χ4v) is 3.44. The first-order chi connectivity index (χ1) is 12.1. The van der Waals surface area contributed by atoms with E-state index < -0.39 is 17.8 Å². The van der Waals surface area contributed by atoms with Gasteiger partial charge < -0.3 is 14.8 Å². The molecule has 25 heavy (non-hydrogen) atoms. The highest BCUT2D eigenvalue weighted by Gasteiger charge is 2.19. The van der Waals surface area contributed by atoms with Crippen molar-refractivity contribution in [2.75, 3.05) is 6.54 Å². The van der Waals surface area contributed by atoms with Gasteiger partial charge in [0.05, 0.1) is 16.1 Å². The number of nitrogens with zero attached hydrogens (tertiary/aromatic N) is 1. The van der Waals surface area contributed by atoms with Crippen molar-refractivity contribution < 1.29 is 19.1 Å². The molecule has 7 heteroatoms. The van der Waals surface area contributed by atoms with Gasteiger partial charge in [-0.25, -0.2) is 4.98 Å². The molecular weight excluding hydrogens is 340 g/mol. The number of furan rings is 1. The first-order valence-electron chi connectivity index (χ1n) is 8.05. The summed E-state index contributed by atoms with van der Waals surface area (Å²) in [6.07, 6.45) is 1.26. The normalized spacial score (nSPS) is 12.2. The molecule has 0 aliphatic heterocycles. The Morgan fingerprint density at radius 1 is 1.28 bits per heavy atom. The Morgan fingerprint density at radius 3 is 2.80 bits per heavy atom. The summed E-state index contributed by atoms with van der Waals surface area (Å²) < 4.78 is 6.65. The molecule has 2 N–H and O–H groups in total. The number of hydrogen-bond donors (Lipinski definition) is 2. The number of carbonyl (C=O) groups is 2. The minimum absolute atomic E-state index is 0.0825. The van der Waals surface area contributed by atoms with E-state index in [1.807, 2.05) is 31.2 Å². The van der Waals surface area contributed by atoms with Crippen LogP contribution in [0.4, 0.5) is 0 Å². The molecule has 1 atom stereocenters. The molecule has 2 heterocycles. The maximum absolute atomic E-state index is 12.2. The zero-order valence-corrected chi connectivity index (χ0v) is 14.5. The van der Waals surface area contributed by atoms with Crippen molar-refractivity contribution in [2.24, 2.45) is 5.92 Å². The van der Waals surface area contributed by atoms with Crippen LogP contribution >= 0.6 is 11.3 Å². The highest BCUT2D eigenvalue weighted by molar-refractivity contribution is 7.21. The van der Waals surface area contributed by atoms with E-state index in [2.05, 4.69) is 10.3 Å². The van der Waals surface area contributed by atoms with Crippen LogP contribution in [-0.2, 0) is 4.79 Å². The molecule has 3 rings (SSSR count). The van der Waals surface area contributed by atoms with Crippen LogP contribution in [-0.4, -0.2) is 28.5 Å². The van der Waals surface area contributed by atoms with Gasteiger partial charge in [-0.2, -0.15) is 0 Å². The van der Waals surface area contributed by atoms with Crippen LogP contribution in [0, 0.1) is 5.92 Å². The third-order valence-corrected chi connectivity index (χ3v) is 4.88. The van der Waals surface area contributed by atoms with Crippen molar-refractivity contribution in [3.63, 3.8) is 0 Å². The van der Waals surface area contributed by atoms with Gasteiger partial charge in [0.2, 0.25) is 0 Å². The van der Waals surface area contributed by atoms with Gasteiger partial charge in [-0.15, -0.1) is 11.3 Å². The average Bonchev–Trinajstić information content (AvgIpc) is 3.24. The summed E-state index contributed by atoms with van der Waals surface area (Å²) in [5.74, 6) is -1.25. The van der Waals surface area contributed by atoms with Gasteiger partial charge in [-0.1, -0.05) is 25.5 Å². The molecule has 2 aromatic heterocycles. The molecule has 0 saturated heterocycles. The predicted molar refractivity (Wildman–Crippen MR) is 95.7 cm³/mol. The molecule has 0 fully saturated rings. The molecule has 3 aromatic rings. The number of carboxylic acids is 1. The van der Waals surface area contributed by atoms with Gasteiger partial charge >= 0.3 is 5.97 Å². The number of aromatic nitrogens is 1. The first kappa shape index (κ1) is 17.2. The molecule has 0 bridgehead atoms. The lowest BCUT2D eigenvalue weighted by Crippen LogP contribution is -2.32. The van der Waals surface area contributed by atoms with Crippen molar-refractivity contribution in [1.29, 1.82) is 0 Å². The summed E-state index contributed by atoms with van der Waals surface area (Å²) in [5, 5.41) is 12.5. The summed E-state index contributed by atoms with van der Waals surface area (Å²) >= 11 is 1.49. The number of fused-ring (bicyclic) bond motifs is 1. The molecule has 1 unspecified atom stereocenters. The van der Waals surface area contributed by atoms with Crippen LogP contribution in [0.15, 0.2) is 40.8 Å². The van der Waals surface area contributed by atoms with E-state index in [9.17, 15) is 9.59 Å². The van der Waals surface area contributed by atoms with Gasteiger partial charge in [-0.05, 0) is 30.7 Å². The summed E-state index contributed by atoms with van der Waals surface area (Å²) in [5.41, 5.74) is 0.883. The zero-order valence-electron chi connectivity index (χ0n) is 13.7. The van der Waals surface area contributed by atoms with E-state index in [0.29, 0.717) is 17.2 Å².